The van der Waals surface area contributed by atoms with E-state index in [1.165, 1.54) is 24.1 Å². The summed E-state index contributed by atoms with van der Waals surface area (Å²) in [6, 6.07) is 3.97. The van der Waals surface area contributed by atoms with E-state index in [1.807, 2.05) is 0 Å². The minimum absolute atomic E-state index is 0.0793. The van der Waals surface area contributed by atoms with Gasteiger partial charge < -0.3 is 9.08 Å². The van der Waals surface area contributed by atoms with Crippen LogP contribution in [0.2, 0.25) is 0 Å². The molecule has 1 heterocycles. The van der Waals surface area contributed by atoms with Gasteiger partial charge in [-0.1, -0.05) is 6.07 Å². The van der Waals surface area contributed by atoms with E-state index in [4.69, 9.17) is 0 Å². The lowest BCUT2D eigenvalue weighted by molar-refractivity contribution is -0.118. The second-order valence-electron chi connectivity index (χ2n) is 4.19. The Kier molecular flexibility index (Phi) is 3.41. The maximum Gasteiger partial charge on any atom is 0.534 e. The van der Waals surface area contributed by atoms with Crippen LogP contribution < -0.4 is 9.08 Å². The third kappa shape index (κ3) is 2.45. The van der Waals surface area contributed by atoms with Gasteiger partial charge in [-0.15, -0.1) is 0 Å². The van der Waals surface area contributed by atoms with E-state index in [-0.39, 0.29) is 24.3 Å². The Labute approximate surface area is 113 Å². The molecule has 9 heteroatoms. The van der Waals surface area contributed by atoms with Crippen LogP contribution in [0.25, 0.3) is 0 Å². The summed E-state index contributed by atoms with van der Waals surface area (Å²) < 4.78 is 63.1. The van der Waals surface area contributed by atoms with E-state index in [9.17, 15) is 26.4 Å². The summed E-state index contributed by atoms with van der Waals surface area (Å²) in [7, 11) is -4.26. The van der Waals surface area contributed by atoms with E-state index in [2.05, 4.69) is 4.18 Å². The summed E-state index contributed by atoms with van der Waals surface area (Å²) in [6.07, 6.45) is 0.206. The molecule has 2 rings (SSSR count). The predicted octanol–water partition coefficient (Wildman–Crippen LogP) is 1.82. The molecule has 110 valence electrons. The molecule has 0 N–H and O–H groups in total. The molecule has 0 atom stereocenters. The van der Waals surface area contributed by atoms with Gasteiger partial charge in [0.25, 0.3) is 0 Å². The zero-order chi connectivity index (χ0) is 15.1. The number of halogens is 3. The van der Waals surface area contributed by atoms with Crippen LogP contribution in [-0.2, 0) is 21.3 Å². The van der Waals surface area contributed by atoms with Gasteiger partial charge in [-0.05, 0) is 18.6 Å². The molecule has 0 unspecified atom stereocenters. The maximum absolute atomic E-state index is 12.3. The Morgan fingerprint density at radius 2 is 1.90 bits per heavy atom. The van der Waals surface area contributed by atoms with Gasteiger partial charge in [-0.3, -0.25) is 4.79 Å². The minimum Gasteiger partial charge on any atom is -0.376 e. The van der Waals surface area contributed by atoms with E-state index < -0.39 is 21.4 Å². The van der Waals surface area contributed by atoms with Crippen molar-refractivity contribution in [1.29, 1.82) is 0 Å². The van der Waals surface area contributed by atoms with E-state index >= 15 is 0 Å². The third-order valence-corrected chi connectivity index (χ3v) is 3.88. The monoisotopic (exact) mass is 309 g/mol. The zero-order valence-corrected chi connectivity index (χ0v) is 11.1. The highest BCUT2D eigenvalue weighted by atomic mass is 32.2. The summed E-state index contributed by atoms with van der Waals surface area (Å²) in [5, 5.41) is 0. The van der Waals surface area contributed by atoms with Crippen LogP contribution in [0.5, 0.6) is 5.75 Å². The summed E-state index contributed by atoms with van der Waals surface area (Å²) in [5.41, 5.74) is -4.88. The molecule has 0 spiro atoms. The second-order valence-corrected chi connectivity index (χ2v) is 5.73. The topological polar surface area (TPSA) is 63.7 Å². The lowest BCUT2D eigenvalue weighted by Gasteiger charge is -2.27. The first-order valence-corrected chi connectivity index (χ1v) is 6.93. The molecule has 5 nitrogen and oxygen atoms in total. The van der Waals surface area contributed by atoms with Gasteiger partial charge in [0, 0.05) is 19.0 Å². The molecule has 0 bridgehead atoms. The summed E-state index contributed by atoms with van der Waals surface area (Å²) >= 11 is 0. The molecule has 0 saturated heterocycles. The maximum atomic E-state index is 12.3. The number of carbonyl (C=O) groups excluding carboxylic acids is 1. The molecule has 1 aliphatic rings. The van der Waals surface area contributed by atoms with Crippen molar-refractivity contribution in [3.8, 4) is 5.75 Å². The first-order chi connectivity index (χ1) is 9.13. The number of hydrogen-bond donors (Lipinski definition) is 0. The lowest BCUT2D eigenvalue weighted by Crippen LogP contribution is -2.32. The highest BCUT2D eigenvalue weighted by Gasteiger charge is 2.49. The van der Waals surface area contributed by atoms with Crippen LogP contribution in [0, 0.1) is 0 Å². The highest BCUT2D eigenvalue weighted by Crippen LogP contribution is 2.36. The first kappa shape index (κ1) is 14.6. The van der Waals surface area contributed by atoms with E-state index in [1.54, 1.807) is 0 Å². The normalized spacial score (nSPS) is 16.0. The fourth-order valence-corrected chi connectivity index (χ4v) is 2.38. The zero-order valence-electron chi connectivity index (χ0n) is 10.3. The van der Waals surface area contributed by atoms with E-state index in [0.29, 0.717) is 5.69 Å². The van der Waals surface area contributed by atoms with Gasteiger partial charge in [-0.25, -0.2) is 0 Å². The number of alkyl halides is 3. The number of rotatable bonds is 2. The number of nitrogens with zero attached hydrogens (tertiary/aromatic N) is 1. The molecule has 1 amide bonds. The smallest absolute Gasteiger partial charge is 0.376 e. The van der Waals surface area contributed by atoms with Crippen molar-refractivity contribution >= 4 is 21.7 Å². The van der Waals surface area contributed by atoms with Crippen molar-refractivity contribution < 1.29 is 30.6 Å². The van der Waals surface area contributed by atoms with Crippen molar-refractivity contribution in [2.24, 2.45) is 0 Å². The minimum atomic E-state index is -5.72. The van der Waals surface area contributed by atoms with Crippen molar-refractivity contribution in [3.05, 3.63) is 23.8 Å². The molecular weight excluding hydrogens is 299 g/mol. The van der Waals surface area contributed by atoms with Gasteiger partial charge in [0.1, 0.15) is 5.75 Å². The Morgan fingerprint density at radius 3 is 2.50 bits per heavy atom. The standard InChI is InChI=1S/C11H10F3NO4S/c1-15-8-3-2-4-9(7(8)5-6-10(15)16)19-20(17,18)11(12,13)14/h2-4H,5-6H2,1H3. The van der Waals surface area contributed by atoms with Gasteiger partial charge in [0.15, 0.2) is 0 Å². The highest BCUT2D eigenvalue weighted by molar-refractivity contribution is 7.88. The molecule has 1 aliphatic heterocycles. The van der Waals surface area contributed by atoms with Crippen molar-refractivity contribution in [2.45, 2.75) is 18.3 Å². The first-order valence-electron chi connectivity index (χ1n) is 5.52. The van der Waals surface area contributed by atoms with Gasteiger partial charge in [-0.2, -0.15) is 21.6 Å². The van der Waals surface area contributed by atoms with Crippen LogP contribution in [0.15, 0.2) is 18.2 Å². The molecule has 0 aromatic heterocycles. The molecule has 0 saturated carbocycles. The summed E-state index contributed by atoms with van der Waals surface area (Å²) in [4.78, 5) is 12.8. The van der Waals surface area contributed by atoms with Crippen LogP contribution in [-0.4, -0.2) is 26.9 Å². The number of fused-ring (bicyclic) bond motifs is 1. The lowest BCUT2D eigenvalue weighted by atomic mass is 10.0. The van der Waals surface area contributed by atoms with Crippen LogP contribution >= 0.6 is 0 Å². The molecule has 0 fully saturated rings. The van der Waals surface area contributed by atoms with Crippen LogP contribution in [0.3, 0.4) is 0 Å². The van der Waals surface area contributed by atoms with Crippen molar-refractivity contribution in [3.63, 3.8) is 0 Å². The number of hydrogen-bond acceptors (Lipinski definition) is 4. The fourth-order valence-electron chi connectivity index (χ4n) is 1.90. The van der Waals surface area contributed by atoms with Gasteiger partial charge >= 0.3 is 15.6 Å². The fraction of sp³-hybridized carbons (Fsp3) is 0.364. The average Bonchev–Trinajstić information content (AvgIpc) is 2.32. The molecule has 1 aromatic rings. The summed E-state index contributed by atoms with van der Waals surface area (Å²) in [6.45, 7) is 0. The van der Waals surface area contributed by atoms with Crippen LogP contribution in [0.4, 0.5) is 18.9 Å². The number of anilines is 1. The largest absolute Gasteiger partial charge is 0.534 e. The molecule has 1 aromatic carbocycles. The molecule has 20 heavy (non-hydrogen) atoms. The Balaban J connectivity index is 2.44. The number of benzene rings is 1. The second kappa shape index (κ2) is 4.65. The average molecular weight is 309 g/mol. The quantitative estimate of drug-likeness (QED) is 0.617. The third-order valence-electron chi connectivity index (χ3n) is 2.92. The molecular formula is C11H10F3NO4S. The molecule has 0 radical (unpaired) electrons. The predicted molar refractivity (Wildman–Crippen MR) is 63.8 cm³/mol. The van der Waals surface area contributed by atoms with Crippen molar-refractivity contribution in [1.82, 2.24) is 0 Å². The molecule has 0 aliphatic carbocycles. The Bertz CT molecular complexity index is 654. The van der Waals surface area contributed by atoms with Gasteiger partial charge in [0.2, 0.25) is 5.91 Å². The number of amides is 1. The number of carbonyl (C=O) groups is 1. The Hall–Kier alpha value is -1.77. The SMILES string of the molecule is CN1C(=O)CCc2c(OS(=O)(=O)C(F)(F)F)cccc21. The van der Waals surface area contributed by atoms with E-state index in [0.717, 1.165) is 6.07 Å². The Morgan fingerprint density at radius 1 is 1.25 bits per heavy atom. The summed E-state index contributed by atoms with van der Waals surface area (Å²) in [5.74, 6) is -0.604. The van der Waals surface area contributed by atoms with Crippen molar-refractivity contribution in [2.75, 3.05) is 11.9 Å². The van der Waals surface area contributed by atoms with Crippen LogP contribution in [0.1, 0.15) is 12.0 Å². The van der Waals surface area contributed by atoms with Gasteiger partial charge in [0.05, 0.1) is 5.69 Å².